The third kappa shape index (κ3) is 2.85. The number of hydrogen-bond donors (Lipinski definition) is 0. The standard InChI is InChI=1S/C9H10NO/c1-2-10-11-8-9-6-4-3-5-7-9/h2-7H,1,8H2/b10-2+. The van der Waals surface area contributed by atoms with Crippen molar-refractivity contribution in [3.8, 4) is 0 Å². The first kappa shape index (κ1) is 7.79. The van der Waals surface area contributed by atoms with Crippen molar-refractivity contribution in [2.45, 2.75) is 6.61 Å². The normalized spacial score (nSPS) is 10.3. The maximum absolute atomic E-state index is 4.88. The van der Waals surface area contributed by atoms with Crippen LogP contribution in [0, 0.1) is 6.92 Å². The highest BCUT2D eigenvalue weighted by atomic mass is 16.6. The van der Waals surface area contributed by atoms with Crippen LogP contribution in [-0.4, -0.2) is 6.21 Å². The van der Waals surface area contributed by atoms with Gasteiger partial charge in [0, 0.05) is 6.21 Å². The second kappa shape index (κ2) is 4.50. The number of oxime groups is 1. The Morgan fingerprint density at radius 1 is 1.36 bits per heavy atom. The topological polar surface area (TPSA) is 21.6 Å². The molecule has 0 aromatic heterocycles. The average Bonchev–Trinajstić information content (AvgIpc) is 2.07. The molecule has 11 heavy (non-hydrogen) atoms. The molecule has 1 rings (SSSR count). The molecular formula is C9H10NO. The molecular weight excluding hydrogens is 138 g/mol. The molecule has 2 nitrogen and oxygen atoms in total. The van der Waals surface area contributed by atoms with Crippen molar-refractivity contribution in [2.24, 2.45) is 5.16 Å². The molecule has 0 aliphatic carbocycles. The molecule has 1 radical (unpaired) electrons. The molecule has 2 heteroatoms. The van der Waals surface area contributed by atoms with Crippen LogP contribution in [0.25, 0.3) is 0 Å². The third-order valence-electron chi connectivity index (χ3n) is 1.22. The van der Waals surface area contributed by atoms with Crippen molar-refractivity contribution in [1.82, 2.24) is 0 Å². The quantitative estimate of drug-likeness (QED) is 0.474. The van der Waals surface area contributed by atoms with Gasteiger partial charge in [-0.15, -0.1) is 0 Å². The van der Waals surface area contributed by atoms with Crippen molar-refractivity contribution in [2.75, 3.05) is 0 Å². The van der Waals surface area contributed by atoms with Gasteiger partial charge in [-0.25, -0.2) is 0 Å². The summed E-state index contributed by atoms with van der Waals surface area (Å²) < 4.78 is 0. The van der Waals surface area contributed by atoms with Gasteiger partial charge in [0.1, 0.15) is 6.61 Å². The highest BCUT2D eigenvalue weighted by Crippen LogP contribution is 1.99. The van der Waals surface area contributed by atoms with Gasteiger partial charge in [-0.3, -0.25) is 0 Å². The molecule has 0 fully saturated rings. The molecule has 0 atom stereocenters. The van der Waals surface area contributed by atoms with Gasteiger partial charge in [-0.1, -0.05) is 35.5 Å². The van der Waals surface area contributed by atoms with E-state index in [1.165, 1.54) is 6.21 Å². The summed E-state index contributed by atoms with van der Waals surface area (Å²) in [4.78, 5) is 4.88. The first-order valence-electron chi connectivity index (χ1n) is 3.40. The molecule has 0 aliphatic rings. The molecule has 0 bridgehead atoms. The van der Waals surface area contributed by atoms with E-state index in [9.17, 15) is 0 Å². The summed E-state index contributed by atoms with van der Waals surface area (Å²) in [6.07, 6.45) is 1.38. The Bertz CT molecular complexity index is 218. The minimum atomic E-state index is 0.507. The summed E-state index contributed by atoms with van der Waals surface area (Å²) in [5.41, 5.74) is 1.11. The van der Waals surface area contributed by atoms with Crippen molar-refractivity contribution in [1.29, 1.82) is 0 Å². The Balaban J connectivity index is 2.39. The zero-order chi connectivity index (χ0) is 7.94. The van der Waals surface area contributed by atoms with E-state index in [0.29, 0.717) is 6.61 Å². The van der Waals surface area contributed by atoms with E-state index in [0.717, 1.165) is 5.56 Å². The SMILES string of the molecule is [CH2]/C=N/OCc1ccccc1. The van der Waals surface area contributed by atoms with E-state index in [1.54, 1.807) is 0 Å². The molecule has 0 amide bonds. The predicted molar refractivity (Wildman–Crippen MR) is 45.1 cm³/mol. The highest BCUT2D eigenvalue weighted by molar-refractivity contribution is 5.60. The fourth-order valence-electron chi connectivity index (χ4n) is 0.739. The largest absolute Gasteiger partial charge is 0.391 e. The predicted octanol–water partition coefficient (Wildman–Crippen LogP) is 2.02. The van der Waals surface area contributed by atoms with E-state index in [4.69, 9.17) is 4.84 Å². The first-order chi connectivity index (χ1) is 5.43. The van der Waals surface area contributed by atoms with E-state index in [1.807, 2.05) is 30.3 Å². The van der Waals surface area contributed by atoms with Crippen LogP contribution in [0.3, 0.4) is 0 Å². The van der Waals surface area contributed by atoms with Crippen LogP contribution in [0.1, 0.15) is 5.56 Å². The summed E-state index contributed by atoms with van der Waals surface area (Å²) in [6.45, 7) is 3.91. The molecule has 1 aromatic carbocycles. The summed E-state index contributed by atoms with van der Waals surface area (Å²) >= 11 is 0. The zero-order valence-electron chi connectivity index (χ0n) is 6.23. The minimum Gasteiger partial charge on any atom is -0.391 e. The van der Waals surface area contributed by atoms with Gasteiger partial charge in [0.15, 0.2) is 0 Å². The lowest BCUT2D eigenvalue weighted by Gasteiger charge is -1.97. The lowest BCUT2D eigenvalue weighted by molar-refractivity contribution is 0.132. The van der Waals surface area contributed by atoms with Crippen molar-refractivity contribution in [3.63, 3.8) is 0 Å². The summed E-state index contributed by atoms with van der Waals surface area (Å²) in [5.74, 6) is 0. The Labute approximate surface area is 66.5 Å². The Hall–Kier alpha value is -1.31. The molecule has 0 unspecified atom stereocenters. The molecule has 0 aliphatic heterocycles. The fourth-order valence-corrected chi connectivity index (χ4v) is 0.739. The summed E-state index contributed by atoms with van der Waals surface area (Å²) in [5, 5.41) is 3.53. The van der Waals surface area contributed by atoms with Crippen molar-refractivity contribution < 1.29 is 4.84 Å². The fraction of sp³-hybridized carbons (Fsp3) is 0.111. The average molecular weight is 148 g/mol. The second-order valence-corrected chi connectivity index (χ2v) is 2.05. The first-order valence-corrected chi connectivity index (χ1v) is 3.40. The van der Waals surface area contributed by atoms with Gasteiger partial charge in [-0.2, -0.15) is 0 Å². The molecule has 1 aromatic rings. The lowest BCUT2D eigenvalue weighted by Crippen LogP contribution is -1.84. The van der Waals surface area contributed by atoms with Crippen LogP contribution in [-0.2, 0) is 11.4 Å². The highest BCUT2D eigenvalue weighted by Gasteiger charge is 1.87. The van der Waals surface area contributed by atoms with Crippen molar-refractivity contribution in [3.05, 3.63) is 42.8 Å². The minimum absolute atomic E-state index is 0.507. The number of hydrogen-bond acceptors (Lipinski definition) is 2. The monoisotopic (exact) mass is 148 g/mol. The molecule has 0 saturated heterocycles. The maximum atomic E-state index is 4.88. The number of nitrogens with zero attached hydrogens (tertiary/aromatic N) is 1. The van der Waals surface area contributed by atoms with Gasteiger partial charge in [-0.05, 0) is 12.5 Å². The van der Waals surface area contributed by atoms with Crippen molar-refractivity contribution >= 4 is 6.21 Å². The van der Waals surface area contributed by atoms with Crippen LogP contribution >= 0.6 is 0 Å². The Morgan fingerprint density at radius 3 is 2.73 bits per heavy atom. The number of benzene rings is 1. The third-order valence-corrected chi connectivity index (χ3v) is 1.22. The maximum Gasteiger partial charge on any atom is 0.142 e. The van der Waals surface area contributed by atoms with Gasteiger partial charge in [0.25, 0.3) is 0 Å². The summed E-state index contributed by atoms with van der Waals surface area (Å²) in [6, 6.07) is 9.87. The van der Waals surface area contributed by atoms with Crippen LogP contribution in [0.5, 0.6) is 0 Å². The zero-order valence-corrected chi connectivity index (χ0v) is 6.23. The molecule has 57 valence electrons. The lowest BCUT2D eigenvalue weighted by atomic mass is 10.2. The Kier molecular flexibility index (Phi) is 3.19. The van der Waals surface area contributed by atoms with Crippen LogP contribution in [0.2, 0.25) is 0 Å². The second-order valence-electron chi connectivity index (χ2n) is 2.05. The van der Waals surface area contributed by atoms with E-state index >= 15 is 0 Å². The van der Waals surface area contributed by atoms with Gasteiger partial charge in [0.05, 0.1) is 0 Å². The van der Waals surface area contributed by atoms with Crippen LogP contribution < -0.4 is 0 Å². The van der Waals surface area contributed by atoms with Gasteiger partial charge >= 0.3 is 0 Å². The van der Waals surface area contributed by atoms with E-state index < -0.39 is 0 Å². The molecule has 0 N–H and O–H groups in total. The smallest absolute Gasteiger partial charge is 0.142 e. The molecule has 0 spiro atoms. The molecule has 0 saturated carbocycles. The number of rotatable bonds is 3. The molecule has 0 heterocycles. The Morgan fingerprint density at radius 2 is 2.09 bits per heavy atom. The van der Waals surface area contributed by atoms with Gasteiger partial charge in [0.2, 0.25) is 0 Å². The van der Waals surface area contributed by atoms with E-state index in [2.05, 4.69) is 12.1 Å². The van der Waals surface area contributed by atoms with Gasteiger partial charge < -0.3 is 4.84 Å². The van der Waals surface area contributed by atoms with Crippen LogP contribution in [0.4, 0.5) is 0 Å². The van der Waals surface area contributed by atoms with Crippen LogP contribution in [0.15, 0.2) is 35.5 Å². The summed E-state index contributed by atoms with van der Waals surface area (Å²) in [7, 11) is 0. The van der Waals surface area contributed by atoms with E-state index in [-0.39, 0.29) is 0 Å².